The number of rotatable bonds is 22. The molecule has 0 N–H and O–H groups in total. The number of nitrogens with zero attached hydrogens (tertiary/aromatic N) is 3. The lowest BCUT2D eigenvalue weighted by Crippen LogP contribution is -2.35. The van der Waals surface area contributed by atoms with Crippen LogP contribution in [0.1, 0.15) is 47.2 Å². The van der Waals surface area contributed by atoms with Crippen molar-refractivity contribution >= 4 is 99.6 Å². The van der Waals surface area contributed by atoms with E-state index in [-0.39, 0.29) is 0 Å². The van der Waals surface area contributed by atoms with Crippen molar-refractivity contribution in [3.63, 3.8) is 0 Å². The molecule has 0 aliphatic carbocycles. The standard InChI is InChI=1S/C76H63N3O6/c1-8-56-16-28-62(29-17-56)77(68-40-46-71(47-41-68)83-74(80)53(3)4)64-32-20-58(21-33-64)12-10-11-13-59-22-34-65(35-23-59)79(69-42-48-72(49-43-69)84-75(81)54(5)6)67-38-26-61(27-39-67)15-14-60-24-36-66(37-25-60)78(63-30-18-57(9-2)19-31-63)70-44-50-73(51-45-70)85-76-55(7)52-82-76/h8-51,76H,1-3,5,7,52H2,4,6H3. The number of esters is 2. The summed E-state index contributed by atoms with van der Waals surface area (Å²) in [7, 11) is 0. The molecule has 1 atom stereocenters. The first-order valence-electron chi connectivity index (χ1n) is 27.7. The highest BCUT2D eigenvalue weighted by Crippen LogP contribution is 2.40. The normalized spacial score (nSPS) is 12.8. The number of carbonyl (C=O) groups is 2. The summed E-state index contributed by atoms with van der Waals surface area (Å²) in [5, 5.41) is 0. The molecule has 1 aliphatic rings. The predicted molar refractivity (Wildman–Crippen MR) is 351 cm³/mol. The average Bonchev–Trinajstić information content (AvgIpc) is 3.01. The van der Waals surface area contributed by atoms with Crippen LogP contribution in [-0.2, 0) is 14.3 Å². The third-order valence-electron chi connectivity index (χ3n) is 13.9. The van der Waals surface area contributed by atoms with Gasteiger partial charge < -0.3 is 33.6 Å². The molecule has 9 heteroatoms. The first kappa shape index (κ1) is 57.2. The van der Waals surface area contributed by atoms with Gasteiger partial charge in [0.25, 0.3) is 0 Å². The Balaban J connectivity index is 0.834. The molecular formula is C76H63N3O6. The Hall–Kier alpha value is -11.0. The summed E-state index contributed by atoms with van der Waals surface area (Å²) in [5.41, 5.74) is 16.4. The average molecular weight is 1110 g/mol. The molecular weight excluding hydrogens is 1050 g/mol. The number of benzene rings is 9. The highest BCUT2D eigenvalue weighted by molar-refractivity contribution is 5.90. The number of anilines is 9. The molecule has 1 unspecified atom stereocenters. The van der Waals surface area contributed by atoms with Crippen molar-refractivity contribution in [1.82, 2.24) is 0 Å². The fraction of sp³-hybridized carbons (Fsp3) is 0.0526. The van der Waals surface area contributed by atoms with Gasteiger partial charge in [-0.05, 0) is 193 Å². The van der Waals surface area contributed by atoms with Crippen LogP contribution in [0, 0.1) is 0 Å². The Morgan fingerprint density at radius 3 is 0.871 bits per heavy atom. The van der Waals surface area contributed by atoms with Gasteiger partial charge in [0.2, 0.25) is 6.29 Å². The highest BCUT2D eigenvalue weighted by Gasteiger charge is 2.25. The minimum absolute atomic E-state index is 0.324. The Bertz CT molecular complexity index is 3960. The number of ether oxygens (including phenoxy) is 4. The topological polar surface area (TPSA) is 80.8 Å². The summed E-state index contributed by atoms with van der Waals surface area (Å²) < 4.78 is 22.5. The molecule has 9 aromatic carbocycles. The Morgan fingerprint density at radius 1 is 0.388 bits per heavy atom. The maximum Gasteiger partial charge on any atom is 0.338 e. The Morgan fingerprint density at radius 2 is 0.635 bits per heavy atom. The second kappa shape index (κ2) is 26.7. The first-order valence-corrected chi connectivity index (χ1v) is 27.7. The molecule has 1 heterocycles. The maximum atomic E-state index is 12.4. The zero-order valence-corrected chi connectivity index (χ0v) is 47.5. The molecule has 1 saturated heterocycles. The van der Waals surface area contributed by atoms with Crippen LogP contribution in [0.5, 0.6) is 17.2 Å². The van der Waals surface area contributed by atoms with Gasteiger partial charge in [0.15, 0.2) is 0 Å². The molecule has 0 bridgehead atoms. The largest absolute Gasteiger partial charge is 0.461 e. The SMILES string of the molecule is C=Cc1ccc(N(c2ccc(C=CC=Cc3ccc(N(c4ccc(C=Cc5ccc(N(c6ccc(C=C)cc6)c6ccc(OC7OCC7=C)cc6)cc5)cc4)c4ccc(OC(=O)C(=C)C)cc4)cc3)cc2)c2ccc(OC(=O)C(=C)C)cc2)cc1. The molecule has 1 fully saturated rings. The van der Waals surface area contributed by atoms with Crippen molar-refractivity contribution in [3.05, 3.63) is 314 Å². The van der Waals surface area contributed by atoms with Crippen molar-refractivity contribution in [2.75, 3.05) is 21.3 Å². The van der Waals surface area contributed by atoms with Gasteiger partial charge in [0, 0.05) is 67.9 Å². The quantitative estimate of drug-likeness (QED) is 0.0165. The van der Waals surface area contributed by atoms with E-state index in [1.54, 1.807) is 38.1 Å². The van der Waals surface area contributed by atoms with Crippen LogP contribution < -0.4 is 28.9 Å². The van der Waals surface area contributed by atoms with Crippen LogP contribution in [0.2, 0.25) is 0 Å². The van der Waals surface area contributed by atoms with E-state index in [1.165, 1.54) is 0 Å². The number of hydrogen-bond acceptors (Lipinski definition) is 9. The van der Waals surface area contributed by atoms with Crippen LogP contribution in [0.3, 0.4) is 0 Å². The van der Waals surface area contributed by atoms with Crippen molar-refractivity contribution in [3.8, 4) is 17.2 Å². The zero-order valence-electron chi connectivity index (χ0n) is 47.5. The number of hydrogen-bond donors (Lipinski definition) is 0. The first-order chi connectivity index (χ1) is 41.4. The van der Waals surface area contributed by atoms with Crippen molar-refractivity contribution < 1.29 is 28.5 Å². The monoisotopic (exact) mass is 1110 g/mol. The van der Waals surface area contributed by atoms with Crippen LogP contribution in [0.4, 0.5) is 51.2 Å². The lowest BCUT2D eigenvalue weighted by Gasteiger charge is -2.30. The summed E-state index contributed by atoms with van der Waals surface area (Å²) in [6.07, 6.45) is 15.7. The lowest BCUT2D eigenvalue weighted by atomic mass is 10.1. The van der Waals surface area contributed by atoms with E-state index in [9.17, 15) is 9.59 Å². The molecule has 10 rings (SSSR count). The third-order valence-corrected chi connectivity index (χ3v) is 13.9. The molecule has 9 nitrogen and oxygen atoms in total. The van der Waals surface area contributed by atoms with Gasteiger partial charge in [-0.1, -0.05) is 154 Å². The third kappa shape index (κ3) is 14.4. The van der Waals surface area contributed by atoms with Crippen molar-refractivity contribution in [2.45, 2.75) is 20.1 Å². The molecule has 9 aromatic rings. The summed E-state index contributed by atoms with van der Waals surface area (Å²) in [6, 6.07) is 72.9. The molecule has 0 aromatic heterocycles. The smallest absolute Gasteiger partial charge is 0.338 e. The van der Waals surface area contributed by atoms with Gasteiger partial charge in [0.05, 0.1) is 6.61 Å². The summed E-state index contributed by atoms with van der Waals surface area (Å²) in [6.45, 7) is 23.0. The van der Waals surface area contributed by atoms with Crippen LogP contribution in [0.25, 0.3) is 36.5 Å². The Labute approximate surface area is 497 Å². The molecule has 85 heavy (non-hydrogen) atoms. The second-order valence-corrected chi connectivity index (χ2v) is 20.3. The fourth-order valence-corrected chi connectivity index (χ4v) is 9.22. The van der Waals surface area contributed by atoms with Crippen molar-refractivity contribution in [1.29, 1.82) is 0 Å². The van der Waals surface area contributed by atoms with Crippen LogP contribution in [-0.4, -0.2) is 24.8 Å². The van der Waals surface area contributed by atoms with Crippen LogP contribution in [0.15, 0.2) is 280 Å². The zero-order chi connectivity index (χ0) is 59.2. The second-order valence-electron chi connectivity index (χ2n) is 20.3. The van der Waals surface area contributed by atoms with Crippen molar-refractivity contribution in [2.24, 2.45) is 0 Å². The van der Waals surface area contributed by atoms with Gasteiger partial charge in [0.1, 0.15) is 17.2 Å². The maximum absolute atomic E-state index is 12.4. The molecule has 0 spiro atoms. The summed E-state index contributed by atoms with van der Waals surface area (Å²) >= 11 is 0. The molecule has 418 valence electrons. The van der Waals surface area contributed by atoms with E-state index < -0.39 is 18.2 Å². The summed E-state index contributed by atoms with van der Waals surface area (Å²) in [4.78, 5) is 31.1. The van der Waals surface area contributed by atoms with Gasteiger partial charge >= 0.3 is 11.9 Å². The van der Waals surface area contributed by atoms with E-state index in [1.807, 2.05) is 85.0 Å². The highest BCUT2D eigenvalue weighted by atomic mass is 16.7. The molecule has 1 aliphatic heterocycles. The molecule has 0 radical (unpaired) electrons. The van der Waals surface area contributed by atoms with E-state index in [0.717, 1.165) is 90.1 Å². The fourth-order valence-electron chi connectivity index (χ4n) is 9.22. The minimum Gasteiger partial charge on any atom is -0.461 e. The van der Waals surface area contributed by atoms with E-state index >= 15 is 0 Å². The number of allylic oxidation sites excluding steroid dienone is 2. The Kier molecular flexibility index (Phi) is 18.0. The van der Waals surface area contributed by atoms with E-state index in [4.69, 9.17) is 18.9 Å². The van der Waals surface area contributed by atoms with E-state index in [0.29, 0.717) is 35.0 Å². The van der Waals surface area contributed by atoms with Crippen LogP contribution >= 0.6 is 0 Å². The predicted octanol–water partition coefficient (Wildman–Crippen LogP) is 19.5. The minimum atomic E-state index is -0.476. The lowest BCUT2D eigenvalue weighted by molar-refractivity contribution is -0.130. The molecule has 0 saturated carbocycles. The van der Waals surface area contributed by atoms with Gasteiger partial charge in [-0.25, -0.2) is 9.59 Å². The molecule has 0 amide bonds. The van der Waals surface area contributed by atoms with Gasteiger partial charge in [-0.15, -0.1) is 0 Å². The van der Waals surface area contributed by atoms with Gasteiger partial charge in [-0.3, -0.25) is 0 Å². The van der Waals surface area contributed by atoms with E-state index in [2.05, 4.69) is 205 Å². The van der Waals surface area contributed by atoms with Gasteiger partial charge in [-0.2, -0.15) is 0 Å². The number of carbonyl (C=O) groups excluding carboxylic acids is 2. The summed E-state index contributed by atoms with van der Waals surface area (Å²) in [5.74, 6) is 0.644.